The van der Waals surface area contributed by atoms with Crippen molar-refractivity contribution >= 4 is 50.9 Å². The van der Waals surface area contributed by atoms with Crippen LogP contribution in [0.4, 0.5) is 4.39 Å². The zero-order chi connectivity index (χ0) is 27.7. The summed E-state index contributed by atoms with van der Waals surface area (Å²) in [5.41, 5.74) is 6.67. The average molecular weight is 552 g/mol. The van der Waals surface area contributed by atoms with Crippen LogP contribution in [0.5, 0.6) is 5.75 Å². The van der Waals surface area contributed by atoms with Crippen LogP contribution < -0.4 is 10.5 Å². The third-order valence-corrected chi connectivity index (χ3v) is 7.37. The Hall–Kier alpha value is -3.95. The summed E-state index contributed by atoms with van der Waals surface area (Å²) in [6.07, 6.45) is 2.42. The van der Waals surface area contributed by atoms with Crippen molar-refractivity contribution in [1.29, 1.82) is 0 Å². The lowest BCUT2D eigenvalue weighted by atomic mass is 10.1. The van der Waals surface area contributed by atoms with Gasteiger partial charge >= 0.3 is 5.97 Å². The van der Waals surface area contributed by atoms with E-state index in [4.69, 9.17) is 26.8 Å². The number of hydrogen-bond donors (Lipinski definition) is 1. The van der Waals surface area contributed by atoms with E-state index >= 15 is 0 Å². The number of rotatable bonds is 9. The molecular weight excluding hydrogens is 525 g/mol. The maximum Gasteiger partial charge on any atom is 0.310 e. The van der Waals surface area contributed by atoms with Crippen LogP contribution in [0.25, 0.3) is 21.7 Å². The lowest BCUT2D eigenvalue weighted by Crippen LogP contribution is -2.27. The molecule has 8 nitrogen and oxygen atoms in total. The smallest absolute Gasteiger partial charge is 0.310 e. The van der Waals surface area contributed by atoms with E-state index in [-0.39, 0.29) is 35.6 Å². The molecule has 4 aromatic rings. The van der Waals surface area contributed by atoms with Gasteiger partial charge in [-0.05, 0) is 66.2 Å². The fraction of sp³-hybridized carbons (Fsp3) is 0.276. The third kappa shape index (κ3) is 5.60. The number of nitrogens with zero attached hydrogens (tertiary/aromatic N) is 2. The van der Waals surface area contributed by atoms with Gasteiger partial charge in [0.25, 0.3) is 5.91 Å². The number of carbonyl (C=O) groups excluding carboxylic acids is 3. The molecule has 1 aliphatic heterocycles. The van der Waals surface area contributed by atoms with Crippen molar-refractivity contribution in [2.75, 3.05) is 33.4 Å². The number of likely N-dealkylation sites (tertiary alicyclic amines) is 1. The average Bonchev–Trinajstić information content (AvgIpc) is 3.54. The molecule has 2 N–H and O–H groups in total. The Morgan fingerprint density at radius 3 is 2.64 bits per heavy atom. The maximum atomic E-state index is 14.2. The molecule has 0 spiro atoms. The van der Waals surface area contributed by atoms with Crippen LogP contribution >= 0.6 is 11.6 Å². The van der Waals surface area contributed by atoms with E-state index in [1.165, 1.54) is 19.2 Å². The Kier molecular flexibility index (Phi) is 7.54. The van der Waals surface area contributed by atoms with E-state index in [1.54, 1.807) is 42.6 Å². The highest BCUT2D eigenvalue weighted by Crippen LogP contribution is 2.29. The van der Waals surface area contributed by atoms with Gasteiger partial charge in [0.1, 0.15) is 11.6 Å². The molecule has 0 saturated carbocycles. The van der Waals surface area contributed by atoms with Gasteiger partial charge in [0, 0.05) is 41.8 Å². The minimum Gasteiger partial charge on any atom is -0.485 e. The number of aromatic nitrogens is 1. The van der Waals surface area contributed by atoms with Crippen LogP contribution in [0.3, 0.4) is 0 Å². The number of carbonyl (C=O) groups is 3. The van der Waals surface area contributed by atoms with Gasteiger partial charge in [-0.3, -0.25) is 14.4 Å². The highest BCUT2D eigenvalue weighted by Gasteiger charge is 2.29. The summed E-state index contributed by atoms with van der Waals surface area (Å²) < 4.78 is 26.6. The number of benzene rings is 3. The van der Waals surface area contributed by atoms with Crippen LogP contribution in [-0.4, -0.2) is 60.5 Å². The quantitative estimate of drug-likeness (QED) is 0.244. The first-order chi connectivity index (χ1) is 18.7. The van der Waals surface area contributed by atoms with Crippen LogP contribution in [-0.2, 0) is 16.1 Å². The van der Waals surface area contributed by atoms with Crippen LogP contribution in [0.2, 0.25) is 5.02 Å². The molecular formula is C29H27ClFN3O5. The first-order valence-corrected chi connectivity index (χ1v) is 12.9. The minimum atomic E-state index is -0.692. The summed E-state index contributed by atoms with van der Waals surface area (Å²) in [5, 5.41) is 2.61. The Bertz CT molecular complexity index is 1600. The van der Waals surface area contributed by atoms with Gasteiger partial charge in [0.2, 0.25) is 5.78 Å². The maximum absolute atomic E-state index is 14.2. The normalized spacial score (nSPS) is 15.6. The molecule has 10 heteroatoms. The highest BCUT2D eigenvalue weighted by atomic mass is 35.5. The lowest BCUT2D eigenvalue weighted by Gasteiger charge is -2.16. The van der Waals surface area contributed by atoms with Gasteiger partial charge < -0.3 is 24.7 Å². The largest absolute Gasteiger partial charge is 0.485 e. The van der Waals surface area contributed by atoms with E-state index in [9.17, 15) is 18.8 Å². The summed E-state index contributed by atoms with van der Waals surface area (Å²) in [4.78, 5) is 39.4. The summed E-state index contributed by atoms with van der Waals surface area (Å²) in [7, 11) is 1.39. The number of primary amides is 1. The molecule has 1 saturated heterocycles. The highest BCUT2D eigenvalue weighted by molar-refractivity contribution is 6.31. The zero-order valence-electron chi connectivity index (χ0n) is 21.3. The van der Waals surface area contributed by atoms with Crippen molar-refractivity contribution in [2.45, 2.75) is 13.0 Å². The van der Waals surface area contributed by atoms with E-state index < -0.39 is 11.7 Å². The number of nitrogens with two attached hydrogens (primary N) is 1. The van der Waals surface area contributed by atoms with Crippen LogP contribution in [0.1, 0.15) is 27.1 Å². The van der Waals surface area contributed by atoms with Crippen molar-refractivity contribution in [3.05, 3.63) is 76.7 Å². The Labute approximate surface area is 229 Å². The monoisotopic (exact) mass is 551 g/mol. The number of Topliss-reactive ketones (excluding diaryl/α,β-unsaturated/α-hetero) is 1. The molecule has 0 aliphatic carbocycles. The second-order valence-electron chi connectivity index (χ2n) is 9.62. The number of fused-ring (bicyclic) bond motifs is 2. The zero-order valence-corrected chi connectivity index (χ0v) is 22.0. The molecule has 1 atom stereocenters. The van der Waals surface area contributed by atoms with Crippen molar-refractivity contribution in [3.8, 4) is 5.75 Å². The van der Waals surface area contributed by atoms with Crippen molar-refractivity contribution in [3.63, 3.8) is 0 Å². The molecule has 1 amide bonds. The van der Waals surface area contributed by atoms with Crippen molar-refractivity contribution in [2.24, 2.45) is 11.7 Å². The Balaban J connectivity index is 1.35. The number of ketones is 1. The van der Waals surface area contributed by atoms with Gasteiger partial charge in [0.15, 0.2) is 6.61 Å². The molecule has 3 aromatic carbocycles. The number of ether oxygens (including phenoxy) is 2. The van der Waals surface area contributed by atoms with Gasteiger partial charge in [-0.2, -0.15) is 0 Å². The van der Waals surface area contributed by atoms with Crippen molar-refractivity contribution < 1.29 is 28.2 Å². The molecule has 1 fully saturated rings. The van der Waals surface area contributed by atoms with E-state index in [2.05, 4.69) is 4.90 Å². The van der Waals surface area contributed by atoms with E-state index in [1.807, 2.05) is 4.57 Å². The fourth-order valence-electron chi connectivity index (χ4n) is 5.10. The van der Waals surface area contributed by atoms with E-state index in [0.29, 0.717) is 41.1 Å². The van der Waals surface area contributed by atoms with Crippen LogP contribution in [0, 0.1) is 11.7 Å². The predicted octanol–water partition coefficient (Wildman–Crippen LogP) is 4.44. The summed E-state index contributed by atoms with van der Waals surface area (Å²) >= 11 is 6.07. The first kappa shape index (κ1) is 26.6. The van der Waals surface area contributed by atoms with Gasteiger partial charge in [-0.25, -0.2) is 4.39 Å². The molecule has 2 heterocycles. The molecule has 202 valence electrons. The lowest BCUT2D eigenvalue weighted by molar-refractivity contribution is -0.144. The molecule has 0 unspecified atom stereocenters. The van der Waals surface area contributed by atoms with Crippen molar-refractivity contribution in [1.82, 2.24) is 9.47 Å². The second kappa shape index (κ2) is 11.0. The summed E-state index contributed by atoms with van der Waals surface area (Å²) in [5.74, 6) is -1.61. The number of halogens is 2. The molecule has 0 bridgehead atoms. The molecule has 1 aromatic heterocycles. The third-order valence-electron chi connectivity index (χ3n) is 7.13. The number of methoxy groups -OCH3 is 1. The molecule has 1 aliphatic rings. The number of esters is 1. The summed E-state index contributed by atoms with van der Waals surface area (Å²) in [6, 6.07) is 12.7. The predicted molar refractivity (Wildman–Crippen MR) is 146 cm³/mol. The standard InChI is InChI=1S/C29H27ClFN3O5/c1-38-29(37)18-6-7-33(14-18)8-9-34-15-24(22-5-4-21(31)13-25(22)34)26(35)16-39-27-12-17-2-3-20(30)10-19(17)11-23(27)28(32)36/h2-5,10-13,15,18H,6-9,14,16H2,1H3,(H2,32,36)/t18-/m0/s1. The first-order valence-electron chi connectivity index (χ1n) is 12.5. The molecule has 39 heavy (non-hydrogen) atoms. The van der Waals surface area contributed by atoms with Crippen LogP contribution in [0.15, 0.2) is 54.7 Å². The SMILES string of the molecule is COC(=O)[C@H]1CCN(CCn2cc(C(=O)COc3cc4ccc(Cl)cc4cc3C(N)=O)c3ccc(F)cc32)C1. The Morgan fingerprint density at radius 2 is 1.87 bits per heavy atom. The fourth-order valence-corrected chi connectivity index (χ4v) is 5.28. The molecule has 0 radical (unpaired) electrons. The minimum absolute atomic E-state index is 0.137. The topological polar surface area (TPSA) is 104 Å². The summed E-state index contributed by atoms with van der Waals surface area (Å²) in [6.45, 7) is 2.14. The molecule has 5 rings (SSSR count). The van der Waals surface area contributed by atoms with Gasteiger partial charge in [-0.1, -0.05) is 17.7 Å². The van der Waals surface area contributed by atoms with Gasteiger partial charge in [0.05, 0.1) is 24.1 Å². The number of amides is 1. The second-order valence-corrected chi connectivity index (χ2v) is 10.1. The number of hydrogen-bond acceptors (Lipinski definition) is 6. The van der Waals surface area contributed by atoms with E-state index in [0.717, 1.165) is 23.7 Å². The van der Waals surface area contributed by atoms with Gasteiger partial charge in [-0.15, -0.1) is 0 Å². The Morgan fingerprint density at radius 1 is 1.05 bits per heavy atom.